The summed E-state index contributed by atoms with van der Waals surface area (Å²) in [4.78, 5) is 12.0. The number of para-hydroxylation sites is 1. The first kappa shape index (κ1) is 17.7. The molecule has 1 aliphatic heterocycles. The highest BCUT2D eigenvalue weighted by Crippen LogP contribution is 2.22. The minimum atomic E-state index is -3.44. The third-order valence-electron chi connectivity index (χ3n) is 3.88. The monoisotopic (exact) mass is 340 g/mol. The van der Waals surface area contributed by atoms with Crippen molar-refractivity contribution in [3.8, 4) is 0 Å². The molecule has 0 saturated carbocycles. The Morgan fingerprint density at radius 3 is 2.74 bits per heavy atom. The zero-order valence-electron chi connectivity index (χ0n) is 13.6. The molecule has 1 aromatic carbocycles. The maximum Gasteiger partial charge on any atom is 0.232 e. The van der Waals surface area contributed by atoms with Gasteiger partial charge < -0.3 is 10.1 Å². The van der Waals surface area contributed by atoms with Crippen LogP contribution in [0, 0.1) is 6.92 Å². The molecule has 1 unspecified atom stereocenters. The van der Waals surface area contributed by atoms with E-state index in [0.29, 0.717) is 12.2 Å². The van der Waals surface area contributed by atoms with E-state index in [1.807, 2.05) is 19.1 Å². The minimum absolute atomic E-state index is 0.0846. The van der Waals surface area contributed by atoms with Gasteiger partial charge in [-0.1, -0.05) is 18.2 Å². The molecule has 7 heteroatoms. The van der Waals surface area contributed by atoms with Crippen LogP contribution in [-0.2, 0) is 19.6 Å². The highest BCUT2D eigenvalue weighted by molar-refractivity contribution is 7.92. The van der Waals surface area contributed by atoms with Crippen LogP contribution in [0.25, 0.3) is 0 Å². The summed E-state index contributed by atoms with van der Waals surface area (Å²) < 4.78 is 30.8. The fourth-order valence-electron chi connectivity index (χ4n) is 2.63. The van der Waals surface area contributed by atoms with Gasteiger partial charge >= 0.3 is 0 Å². The summed E-state index contributed by atoms with van der Waals surface area (Å²) in [5, 5.41) is 2.81. The number of benzene rings is 1. The second-order valence-corrected chi connectivity index (χ2v) is 7.72. The van der Waals surface area contributed by atoms with Gasteiger partial charge in [-0.3, -0.25) is 9.10 Å². The van der Waals surface area contributed by atoms with Gasteiger partial charge in [0.05, 0.1) is 18.0 Å². The number of carbonyl (C=O) groups excluding carboxylic acids is 1. The molecule has 23 heavy (non-hydrogen) atoms. The molecule has 0 aliphatic carbocycles. The zero-order valence-corrected chi connectivity index (χ0v) is 14.4. The van der Waals surface area contributed by atoms with Gasteiger partial charge in [-0.15, -0.1) is 0 Å². The molecule has 1 fully saturated rings. The Hall–Kier alpha value is -1.60. The van der Waals surface area contributed by atoms with Crippen LogP contribution in [-0.4, -0.2) is 46.4 Å². The number of aryl methyl sites for hydroxylation is 1. The summed E-state index contributed by atoms with van der Waals surface area (Å²) in [5.41, 5.74) is 1.47. The number of sulfonamides is 1. The van der Waals surface area contributed by atoms with Crippen molar-refractivity contribution in [2.24, 2.45) is 0 Å². The van der Waals surface area contributed by atoms with Gasteiger partial charge in [0.1, 0.15) is 0 Å². The molecule has 0 radical (unpaired) electrons. The van der Waals surface area contributed by atoms with Crippen LogP contribution in [0.1, 0.15) is 24.8 Å². The fraction of sp³-hybridized carbons (Fsp3) is 0.562. The summed E-state index contributed by atoms with van der Waals surface area (Å²) in [6, 6.07) is 7.25. The third kappa shape index (κ3) is 5.21. The quantitative estimate of drug-likeness (QED) is 0.815. The van der Waals surface area contributed by atoms with Crippen LogP contribution in [0.15, 0.2) is 24.3 Å². The first-order chi connectivity index (χ1) is 10.9. The molecule has 0 bridgehead atoms. The molecule has 128 valence electrons. The summed E-state index contributed by atoms with van der Waals surface area (Å²) in [6.45, 7) is 3.21. The average Bonchev–Trinajstić information content (AvgIpc) is 2.99. The number of nitrogens with one attached hydrogen (secondary N) is 1. The second kappa shape index (κ2) is 7.79. The molecule has 0 spiro atoms. The molecule has 1 heterocycles. The van der Waals surface area contributed by atoms with Crippen molar-refractivity contribution in [2.45, 2.75) is 32.3 Å². The first-order valence-electron chi connectivity index (χ1n) is 7.79. The summed E-state index contributed by atoms with van der Waals surface area (Å²) >= 11 is 0. The Bertz CT molecular complexity index is 639. The van der Waals surface area contributed by atoms with E-state index in [1.54, 1.807) is 12.1 Å². The van der Waals surface area contributed by atoms with Gasteiger partial charge in [0.15, 0.2) is 0 Å². The van der Waals surface area contributed by atoms with Gasteiger partial charge in [-0.25, -0.2) is 8.42 Å². The van der Waals surface area contributed by atoms with Crippen LogP contribution in [0.2, 0.25) is 0 Å². The highest BCUT2D eigenvalue weighted by Gasteiger charge is 2.21. The predicted molar refractivity (Wildman–Crippen MR) is 90.0 cm³/mol. The lowest BCUT2D eigenvalue weighted by atomic mass is 10.2. The van der Waals surface area contributed by atoms with Crippen molar-refractivity contribution in [3.63, 3.8) is 0 Å². The number of amides is 1. The SMILES string of the molecule is Cc1ccccc1N(CCC(=O)NCC1CCCO1)S(C)(=O)=O. The van der Waals surface area contributed by atoms with E-state index >= 15 is 0 Å². The maximum absolute atomic E-state index is 12.0. The average molecular weight is 340 g/mol. The van der Waals surface area contributed by atoms with Crippen molar-refractivity contribution in [1.29, 1.82) is 0 Å². The molecular weight excluding hydrogens is 316 g/mol. The van der Waals surface area contributed by atoms with Crippen LogP contribution in [0.5, 0.6) is 0 Å². The minimum Gasteiger partial charge on any atom is -0.376 e. The molecule has 1 saturated heterocycles. The number of hydrogen-bond acceptors (Lipinski definition) is 4. The Balaban J connectivity index is 1.94. The summed E-state index contributed by atoms with van der Waals surface area (Å²) in [5.74, 6) is -0.164. The van der Waals surface area contributed by atoms with E-state index in [0.717, 1.165) is 31.3 Å². The molecule has 6 nitrogen and oxygen atoms in total. The normalized spacial score (nSPS) is 17.9. The summed E-state index contributed by atoms with van der Waals surface area (Å²) in [6.07, 6.45) is 3.34. The van der Waals surface area contributed by atoms with E-state index in [-0.39, 0.29) is 25.0 Å². The largest absolute Gasteiger partial charge is 0.376 e. The van der Waals surface area contributed by atoms with E-state index in [4.69, 9.17) is 4.74 Å². The number of rotatable bonds is 7. The fourth-order valence-corrected chi connectivity index (χ4v) is 3.62. The Morgan fingerprint density at radius 2 is 2.13 bits per heavy atom. The van der Waals surface area contributed by atoms with Crippen LogP contribution < -0.4 is 9.62 Å². The van der Waals surface area contributed by atoms with Crippen molar-refractivity contribution in [2.75, 3.05) is 30.3 Å². The number of hydrogen-bond donors (Lipinski definition) is 1. The number of nitrogens with zero attached hydrogens (tertiary/aromatic N) is 1. The van der Waals surface area contributed by atoms with Crippen LogP contribution >= 0.6 is 0 Å². The molecule has 1 aromatic rings. The summed E-state index contributed by atoms with van der Waals surface area (Å²) in [7, 11) is -3.44. The lowest BCUT2D eigenvalue weighted by molar-refractivity contribution is -0.121. The standard InChI is InChI=1S/C16H24N2O4S/c1-13-6-3-4-8-15(13)18(23(2,20)21)10-9-16(19)17-12-14-7-5-11-22-14/h3-4,6,8,14H,5,7,9-12H2,1-2H3,(H,17,19). The van der Waals surface area contributed by atoms with Crippen molar-refractivity contribution >= 4 is 21.6 Å². The first-order valence-corrected chi connectivity index (χ1v) is 9.64. The van der Waals surface area contributed by atoms with Crippen molar-refractivity contribution in [1.82, 2.24) is 5.32 Å². The Morgan fingerprint density at radius 1 is 1.39 bits per heavy atom. The van der Waals surface area contributed by atoms with Crippen LogP contribution in [0.4, 0.5) is 5.69 Å². The maximum atomic E-state index is 12.0. The van der Waals surface area contributed by atoms with Gasteiger partial charge in [0.25, 0.3) is 0 Å². The van der Waals surface area contributed by atoms with E-state index in [9.17, 15) is 13.2 Å². The molecule has 1 N–H and O–H groups in total. The van der Waals surface area contributed by atoms with E-state index in [1.165, 1.54) is 4.31 Å². The molecular formula is C16H24N2O4S. The zero-order chi connectivity index (χ0) is 16.9. The van der Waals surface area contributed by atoms with Gasteiger partial charge in [0, 0.05) is 26.1 Å². The molecule has 1 amide bonds. The molecule has 0 aromatic heterocycles. The van der Waals surface area contributed by atoms with Gasteiger partial charge in [-0.2, -0.15) is 0 Å². The molecule has 1 aliphatic rings. The topological polar surface area (TPSA) is 75.7 Å². The van der Waals surface area contributed by atoms with Crippen LogP contribution in [0.3, 0.4) is 0 Å². The Labute approximate surface area is 137 Å². The van der Waals surface area contributed by atoms with Gasteiger partial charge in [0.2, 0.25) is 15.9 Å². The number of anilines is 1. The third-order valence-corrected chi connectivity index (χ3v) is 5.06. The molecule has 2 rings (SSSR count). The van der Waals surface area contributed by atoms with Gasteiger partial charge in [-0.05, 0) is 31.4 Å². The van der Waals surface area contributed by atoms with E-state index in [2.05, 4.69) is 5.32 Å². The van der Waals surface area contributed by atoms with Crippen molar-refractivity contribution in [3.05, 3.63) is 29.8 Å². The highest BCUT2D eigenvalue weighted by atomic mass is 32.2. The smallest absolute Gasteiger partial charge is 0.232 e. The molecule has 1 atom stereocenters. The number of ether oxygens (including phenoxy) is 1. The Kier molecular flexibility index (Phi) is 6.01. The lowest BCUT2D eigenvalue weighted by Crippen LogP contribution is -2.37. The van der Waals surface area contributed by atoms with E-state index < -0.39 is 10.0 Å². The second-order valence-electron chi connectivity index (χ2n) is 5.81. The lowest BCUT2D eigenvalue weighted by Gasteiger charge is -2.24. The predicted octanol–water partition coefficient (Wildman–Crippen LogP) is 1.45. The van der Waals surface area contributed by atoms with Crippen molar-refractivity contribution < 1.29 is 17.9 Å². The number of carbonyl (C=O) groups is 1.